The van der Waals surface area contributed by atoms with Crippen LogP contribution in [0.3, 0.4) is 0 Å². The van der Waals surface area contributed by atoms with Crippen molar-refractivity contribution >= 4 is 41.4 Å². The first-order valence-electron chi connectivity index (χ1n) is 8.99. The first-order chi connectivity index (χ1) is 13.6. The molecule has 13 heteroatoms. The minimum atomic E-state index is -1.19. The van der Waals surface area contributed by atoms with Gasteiger partial charge in [0, 0.05) is 6.54 Å². The Balaban J connectivity index is 5.14. The molecule has 0 saturated carbocycles. The molecule has 0 aromatic heterocycles. The third-order valence-corrected chi connectivity index (χ3v) is 4.40. The van der Waals surface area contributed by atoms with Gasteiger partial charge in [-0.3, -0.25) is 24.2 Å². The SMILES string of the molecule is CSCCC(NC(=O)C(CCCN=C(N)N)NC(=O)CN)C(=O)NC(C)C(=O)O. The third-order valence-electron chi connectivity index (χ3n) is 3.76. The van der Waals surface area contributed by atoms with Gasteiger partial charge in [-0.2, -0.15) is 11.8 Å². The Morgan fingerprint density at radius 3 is 2.14 bits per heavy atom. The Hall–Kier alpha value is -2.54. The van der Waals surface area contributed by atoms with E-state index < -0.39 is 41.8 Å². The third kappa shape index (κ3) is 11.8. The fourth-order valence-corrected chi connectivity index (χ4v) is 2.65. The van der Waals surface area contributed by atoms with Crippen molar-refractivity contribution in [2.45, 2.75) is 44.3 Å². The summed E-state index contributed by atoms with van der Waals surface area (Å²) >= 11 is 1.47. The number of nitrogens with two attached hydrogens (primary N) is 3. The standard InChI is InChI=1S/C16H31N7O5S/c1-9(15(27)28)21-13(25)11(5-7-29-2)23-14(26)10(22-12(24)8-17)4-3-6-20-16(18)19/h9-11H,3-8,17H2,1-2H3,(H,21,25)(H,22,24)(H,23,26)(H,27,28)(H4,18,19,20). The summed E-state index contributed by atoms with van der Waals surface area (Å²) in [4.78, 5) is 51.5. The van der Waals surface area contributed by atoms with Gasteiger partial charge in [0.15, 0.2) is 5.96 Å². The highest BCUT2D eigenvalue weighted by molar-refractivity contribution is 7.98. The van der Waals surface area contributed by atoms with Crippen molar-refractivity contribution in [3.63, 3.8) is 0 Å². The first-order valence-corrected chi connectivity index (χ1v) is 10.4. The second-order valence-electron chi connectivity index (χ2n) is 6.18. The summed E-state index contributed by atoms with van der Waals surface area (Å²) < 4.78 is 0. The van der Waals surface area contributed by atoms with Crippen molar-refractivity contribution in [2.75, 3.05) is 25.1 Å². The lowest BCUT2D eigenvalue weighted by Gasteiger charge is -2.23. The normalized spacial score (nSPS) is 13.5. The number of aliphatic imine (C=N–C) groups is 1. The zero-order valence-electron chi connectivity index (χ0n) is 16.6. The molecule has 3 unspecified atom stereocenters. The number of thioether (sulfide) groups is 1. The Morgan fingerprint density at radius 2 is 1.62 bits per heavy atom. The van der Waals surface area contributed by atoms with Gasteiger partial charge in [0.05, 0.1) is 6.54 Å². The monoisotopic (exact) mass is 433 g/mol. The van der Waals surface area contributed by atoms with Crippen LogP contribution in [0.25, 0.3) is 0 Å². The van der Waals surface area contributed by atoms with Crippen LogP contribution in [0.4, 0.5) is 0 Å². The fraction of sp³-hybridized carbons (Fsp3) is 0.688. The van der Waals surface area contributed by atoms with Crippen LogP contribution in [0.1, 0.15) is 26.2 Å². The van der Waals surface area contributed by atoms with E-state index in [2.05, 4.69) is 20.9 Å². The highest BCUT2D eigenvalue weighted by atomic mass is 32.2. The van der Waals surface area contributed by atoms with E-state index in [0.29, 0.717) is 12.2 Å². The van der Waals surface area contributed by atoms with Gasteiger partial charge in [0.25, 0.3) is 0 Å². The molecule has 3 atom stereocenters. The topological polar surface area (TPSA) is 215 Å². The second-order valence-corrected chi connectivity index (χ2v) is 7.17. The van der Waals surface area contributed by atoms with E-state index >= 15 is 0 Å². The summed E-state index contributed by atoms with van der Waals surface area (Å²) in [7, 11) is 0. The van der Waals surface area contributed by atoms with Gasteiger partial charge in [-0.05, 0) is 38.2 Å². The molecular formula is C16H31N7O5S. The highest BCUT2D eigenvalue weighted by Crippen LogP contribution is 2.05. The maximum Gasteiger partial charge on any atom is 0.325 e. The minimum absolute atomic E-state index is 0.0849. The molecule has 10 N–H and O–H groups in total. The van der Waals surface area contributed by atoms with Crippen molar-refractivity contribution in [3.05, 3.63) is 0 Å². The lowest BCUT2D eigenvalue weighted by molar-refractivity contribution is -0.141. The van der Waals surface area contributed by atoms with Gasteiger partial charge in [-0.1, -0.05) is 0 Å². The molecule has 29 heavy (non-hydrogen) atoms. The van der Waals surface area contributed by atoms with Crippen LogP contribution in [0.2, 0.25) is 0 Å². The number of carboxylic acid groups (broad SMARTS) is 1. The van der Waals surface area contributed by atoms with Crippen LogP contribution < -0.4 is 33.2 Å². The van der Waals surface area contributed by atoms with Crippen LogP contribution in [-0.2, 0) is 19.2 Å². The lowest BCUT2D eigenvalue weighted by atomic mass is 10.1. The number of carbonyl (C=O) groups excluding carboxylic acids is 3. The van der Waals surface area contributed by atoms with Gasteiger partial charge in [-0.15, -0.1) is 0 Å². The van der Waals surface area contributed by atoms with Crippen molar-refractivity contribution in [2.24, 2.45) is 22.2 Å². The van der Waals surface area contributed by atoms with E-state index in [-0.39, 0.29) is 31.9 Å². The van der Waals surface area contributed by atoms with Crippen LogP contribution in [0.5, 0.6) is 0 Å². The zero-order valence-corrected chi connectivity index (χ0v) is 17.5. The van der Waals surface area contributed by atoms with Gasteiger partial charge < -0.3 is 38.3 Å². The number of nitrogens with zero attached hydrogens (tertiary/aromatic N) is 1. The summed E-state index contributed by atoms with van der Waals surface area (Å²) in [5.41, 5.74) is 15.8. The number of amides is 3. The van der Waals surface area contributed by atoms with Gasteiger partial charge >= 0.3 is 5.97 Å². The molecule has 3 amide bonds. The molecule has 0 radical (unpaired) electrons. The van der Waals surface area contributed by atoms with E-state index in [1.165, 1.54) is 18.7 Å². The minimum Gasteiger partial charge on any atom is -0.480 e. The maximum absolute atomic E-state index is 12.7. The number of nitrogens with one attached hydrogen (secondary N) is 3. The summed E-state index contributed by atoms with van der Waals surface area (Å²) in [6.07, 6.45) is 2.75. The summed E-state index contributed by atoms with van der Waals surface area (Å²) in [6.45, 7) is 1.28. The maximum atomic E-state index is 12.7. The summed E-state index contributed by atoms with van der Waals surface area (Å²) in [5, 5.41) is 16.4. The van der Waals surface area contributed by atoms with E-state index in [1.807, 2.05) is 6.26 Å². The number of aliphatic carboxylic acids is 1. The number of hydrogen-bond acceptors (Lipinski definition) is 7. The molecule has 0 aromatic carbocycles. The van der Waals surface area contributed by atoms with Crippen molar-refractivity contribution in [1.82, 2.24) is 16.0 Å². The molecule has 0 saturated heterocycles. The van der Waals surface area contributed by atoms with Crippen LogP contribution >= 0.6 is 11.8 Å². The molecule has 0 aliphatic carbocycles. The zero-order chi connectivity index (χ0) is 22.4. The lowest BCUT2D eigenvalue weighted by Crippen LogP contribution is -2.56. The predicted octanol–water partition coefficient (Wildman–Crippen LogP) is -2.69. The highest BCUT2D eigenvalue weighted by Gasteiger charge is 2.27. The van der Waals surface area contributed by atoms with Gasteiger partial charge in [0.1, 0.15) is 18.1 Å². The molecule has 0 spiro atoms. The van der Waals surface area contributed by atoms with E-state index in [1.54, 1.807) is 0 Å². The average Bonchev–Trinajstić information content (AvgIpc) is 2.66. The smallest absolute Gasteiger partial charge is 0.325 e. The molecule has 0 bridgehead atoms. The molecule has 0 fully saturated rings. The Morgan fingerprint density at radius 1 is 1.03 bits per heavy atom. The summed E-state index contributed by atoms with van der Waals surface area (Å²) in [6, 6.07) is -3.00. The van der Waals surface area contributed by atoms with Gasteiger partial charge in [0.2, 0.25) is 17.7 Å². The molecular weight excluding hydrogens is 402 g/mol. The van der Waals surface area contributed by atoms with E-state index in [9.17, 15) is 19.2 Å². The van der Waals surface area contributed by atoms with Crippen molar-refractivity contribution < 1.29 is 24.3 Å². The molecule has 0 rings (SSSR count). The predicted molar refractivity (Wildman–Crippen MR) is 111 cm³/mol. The van der Waals surface area contributed by atoms with E-state index in [4.69, 9.17) is 22.3 Å². The molecule has 166 valence electrons. The summed E-state index contributed by atoms with van der Waals surface area (Å²) in [5.74, 6) is -2.45. The van der Waals surface area contributed by atoms with E-state index in [0.717, 1.165) is 0 Å². The quantitative estimate of drug-likeness (QED) is 0.0861. The number of rotatable bonds is 14. The Labute approximate surface area is 173 Å². The number of guanidine groups is 1. The van der Waals surface area contributed by atoms with Crippen molar-refractivity contribution in [1.29, 1.82) is 0 Å². The van der Waals surface area contributed by atoms with Crippen LogP contribution in [-0.4, -0.2) is 78.0 Å². The second kappa shape index (κ2) is 14.5. The number of hydrogen-bond donors (Lipinski definition) is 7. The fourth-order valence-electron chi connectivity index (χ4n) is 2.18. The molecule has 12 nitrogen and oxygen atoms in total. The number of carboxylic acids is 1. The van der Waals surface area contributed by atoms with Crippen molar-refractivity contribution in [3.8, 4) is 0 Å². The molecule has 0 aliphatic rings. The molecule has 0 aromatic rings. The Kier molecular flexibility index (Phi) is 13.2. The average molecular weight is 434 g/mol. The largest absolute Gasteiger partial charge is 0.480 e. The molecule has 0 aliphatic heterocycles. The van der Waals surface area contributed by atoms with Crippen LogP contribution in [0, 0.1) is 0 Å². The van der Waals surface area contributed by atoms with Gasteiger partial charge in [-0.25, -0.2) is 0 Å². The number of carbonyl (C=O) groups is 4. The molecule has 0 heterocycles. The Bertz CT molecular complexity index is 598. The van der Waals surface area contributed by atoms with Crippen LogP contribution in [0.15, 0.2) is 4.99 Å². The first kappa shape index (κ1) is 26.5.